The maximum Gasteiger partial charge on any atom is 0.244 e. The fourth-order valence-corrected chi connectivity index (χ4v) is 3.83. The standard InChI is InChI=1S/C20H21BrN6O2/c1-4-26-16(15(21)10-23-26)11-25(3)18(28)12-27-20-19(13(2)24-27)14(7-8-22-20)17-6-5-9-29-17/h5-10H,4,11-12H2,1-3H3. The van der Waals surface area contributed by atoms with E-state index in [4.69, 9.17) is 4.42 Å². The number of fused-ring (bicyclic) bond motifs is 1. The fraction of sp³-hybridized carbons (Fsp3) is 0.300. The number of carbonyl (C=O) groups excluding carboxylic acids is 1. The monoisotopic (exact) mass is 456 g/mol. The Bertz CT molecular complexity index is 1160. The van der Waals surface area contributed by atoms with Crippen molar-refractivity contribution in [2.75, 3.05) is 7.05 Å². The number of likely N-dealkylation sites (N-methyl/N-ethyl adjacent to an activating group) is 1. The van der Waals surface area contributed by atoms with Gasteiger partial charge in [0.1, 0.15) is 12.3 Å². The molecule has 0 fully saturated rings. The number of rotatable bonds is 6. The quantitative estimate of drug-likeness (QED) is 0.442. The molecule has 0 aliphatic heterocycles. The van der Waals surface area contributed by atoms with E-state index in [1.165, 1.54) is 0 Å². The van der Waals surface area contributed by atoms with Gasteiger partial charge in [-0.15, -0.1) is 0 Å². The molecular weight excluding hydrogens is 436 g/mol. The lowest BCUT2D eigenvalue weighted by Crippen LogP contribution is -2.31. The van der Waals surface area contributed by atoms with E-state index in [0.717, 1.165) is 39.1 Å². The van der Waals surface area contributed by atoms with Crippen molar-refractivity contribution < 1.29 is 9.21 Å². The molecule has 0 saturated heterocycles. The van der Waals surface area contributed by atoms with Crippen molar-refractivity contribution in [2.24, 2.45) is 0 Å². The molecule has 9 heteroatoms. The number of aryl methyl sites for hydroxylation is 2. The second-order valence-corrected chi connectivity index (χ2v) is 7.64. The Morgan fingerprint density at radius 2 is 2.14 bits per heavy atom. The van der Waals surface area contributed by atoms with Crippen LogP contribution in [0.2, 0.25) is 0 Å². The van der Waals surface area contributed by atoms with E-state index in [9.17, 15) is 4.79 Å². The average molecular weight is 457 g/mol. The van der Waals surface area contributed by atoms with E-state index >= 15 is 0 Å². The van der Waals surface area contributed by atoms with Gasteiger partial charge in [0.05, 0.1) is 40.3 Å². The van der Waals surface area contributed by atoms with Crippen LogP contribution in [-0.4, -0.2) is 42.4 Å². The highest BCUT2D eigenvalue weighted by Crippen LogP contribution is 2.30. The third-order valence-electron chi connectivity index (χ3n) is 4.89. The summed E-state index contributed by atoms with van der Waals surface area (Å²) in [6, 6.07) is 5.65. The van der Waals surface area contributed by atoms with Gasteiger partial charge in [0.25, 0.3) is 0 Å². The Morgan fingerprint density at radius 3 is 2.86 bits per heavy atom. The second-order valence-electron chi connectivity index (χ2n) is 6.78. The van der Waals surface area contributed by atoms with Gasteiger partial charge >= 0.3 is 0 Å². The topological polar surface area (TPSA) is 82.0 Å². The minimum absolute atomic E-state index is 0.0599. The highest BCUT2D eigenvalue weighted by Gasteiger charge is 2.20. The Morgan fingerprint density at radius 1 is 1.31 bits per heavy atom. The number of nitrogens with zero attached hydrogens (tertiary/aromatic N) is 6. The Labute approximate surface area is 176 Å². The van der Waals surface area contributed by atoms with Crippen LogP contribution in [0, 0.1) is 6.92 Å². The number of halogens is 1. The highest BCUT2D eigenvalue weighted by molar-refractivity contribution is 9.10. The lowest BCUT2D eigenvalue weighted by molar-refractivity contribution is -0.131. The van der Waals surface area contributed by atoms with Gasteiger partial charge in [0, 0.05) is 25.4 Å². The van der Waals surface area contributed by atoms with Crippen molar-refractivity contribution >= 4 is 32.9 Å². The summed E-state index contributed by atoms with van der Waals surface area (Å²) in [6.07, 6.45) is 5.10. The van der Waals surface area contributed by atoms with Crippen LogP contribution in [0.25, 0.3) is 22.4 Å². The van der Waals surface area contributed by atoms with Crippen molar-refractivity contribution in [1.29, 1.82) is 0 Å². The molecule has 1 amide bonds. The maximum absolute atomic E-state index is 12.9. The molecule has 0 radical (unpaired) electrons. The van der Waals surface area contributed by atoms with Gasteiger partial charge in [0.15, 0.2) is 5.65 Å². The van der Waals surface area contributed by atoms with Crippen molar-refractivity contribution in [1.82, 2.24) is 29.4 Å². The van der Waals surface area contributed by atoms with Crippen molar-refractivity contribution in [3.8, 4) is 11.3 Å². The molecule has 0 N–H and O–H groups in total. The van der Waals surface area contributed by atoms with Crippen LogP contribution in [0.5, 0.6) is 0 Å². The van der Waals surface area contributed by atoms with Gasteiger partial charge in [-0.3, -0.25) is 9.48 Å². The minimum Gasteiger partial charge on any atom is -0.464 e. The average Bonchev–Trinajstić information content (AvgIpc) is 3.43. The summed E-state index contributed by atoms with van der Waals surface area (Å²) in [5.41, 5.74) is 3.35. The van der Waals surface area contributed by atoms with Crippen molar-refractivity contribution in [3.63, 3.8) is 0 Å². The molecule has 0 aliphatic rings. The number of amides is 1. The first kappa shape index (κ1) is 19.4. The SMILES string of the molecule is CCn1ncc(Br)c1CN(C)C(=O)Cn1nc(C)c2c(-c3ccco3)ccnc21. The molecule has 0 unspecified atom stereocenters. The Balaban J connectivity index is 1.60. The van der Waals surface area contributed by atoms with Crippen LogP contribution in [0.1, 0.15) is 18.3 Å². The molecule has 4 rings (SSSR count). The number of hydrogen-bond donors (Lipinski definition) is 0. The zero-order valence-corrected chi connectivity index (χ0v) is 18.0. The van der Waals surface area contributed by atoms with E-state index in [-0.39, 0.29) is 12.5 Å². The third kappa shape index (κ3) is 3.57. The van der Waals surface area contributed by atoms with Gasteiger partial charge in [-0.2, -0.15) is 10.2 Å². The minimum atomic E-state index is -0.0599. The molecule has 4 aromatic heterocycles. The lowest BCUT2D eigenvalue weighted by atomic mass is 10.1. The van der Waals surface area contributed by atoms with Crippen LogP contribution in [0.15, 0.2) is 45.7 Å². The van der Waals surface area contributed by atoms with E-state index in [1.54, 1.807) is 35.3 Å². The van der Waals surface area contributed by atoms with Gasteiger partial charge < -0.3 is 9.32 Å². The number of aromatic nitrogens is 5. The van der Waals surface area contributed by atoms with Crippen LogP contribution < -0.4 is 0 Å². The summed E-state index contributed by atoms with van der Waals surface area (Å²) >= 11 is 3.51. The summed E-state index contributed by atoms with van der Waals surface area (Å²) in [7, 11) is 1.78. The number of hydrogen-bond acceptors (Lipinski definition) is 5. The maximum atomic E-state index is 12.9. The largest absolute Gasteiger partial charge is 0.464 e. The first-order valence-corrected chi connectivity index (χ1v) is 10.1. The molecule has 4 heterocycles. The predicted octanol–water partition coefficient (Wildman–Crippen LogP) is 3.64. The van der Waals surface area contributed by atoms with Gasteiger partial charge in [-0.25, -0.2) is 9.67 Å². The number of carbonyl (C=O) groups is 1. The molecule has 8 nitrogen and oxygen atoms in total. The summed E-state index contributed by atoms with van der Waals surface area (Å²) in [6.45, 7) is 5.24. The highest BCUT2D eigenvalue weighted by atomic mass is 79.9. The van der Waals surface area contributed by atoms with E-state index in [0.29, 0.717) is 12.2 Å². The first-order chi connectivity index (χ1) is 14.0. The smallest absolute Gasteiger partial charge is 0.244 e. The zero-order valence-electron chi connectivity index (χ0n) is 16.5. The van der Waals surface area contributed by atoms with E-state index < -0.39 is 0 Å². The molecule has 0 saturated carbocycles. The van der Waals surface area contributed by atoms with E-state index in [2.05, 4.69) is 31.1 Å². The molecule has 0 aromatic carbocycles. The Hall–Kier alpha value is -2.94. The number of furan rings is 1. The normalized spacial score (nSPS) is 11.3. The molecule has 150 valence electrons. The third-order valence-corrected chi connectivity index (χ3v) is 5.55. The molecule has 0 bridgehead atoms. The second kappa shape index (κ2) is 7.82. The predicted molar refractivity (Wildman–Crippen MR) is 112 cm³/mol. The summed E-state index contributed by atoms with van der Waals surface area (Å²) in [5.74, 6) is 0.691. The fourth-order valence-electron chi connectivity index (χ4n) is 3.41. The first-order valence-electron chi connectivity index (χ1n) is 9.29. The lowest BCUT2D eigenvalue weighted by Gasteiger charge is -2.18. The summed E-state index contributed by atoms with van der Waals surface area (Å²) in [4.78, 5) is 19.0. The van der Waals surface area contributed by atoms with E-state index in [1.807, 2.05) is 36.7 Å². The summed E-state index contributed by atoms with van der Waals surface area (Å²) in [5, 5.41) is 9.77. The van der Waals surface area contributed by atoms with Crippen LogP contribution in [0.4, 0.5) is 0 Å². The molecule has 4 aromatic rings. The van der Waals surface area contributed by atoms with Gasteiger partial charge in [-0.05, 0) is 48.0 Å². The van der Waals surface area contributed by atoms with Gasteiger partial charge in [-0.1, -0.05) is 0 Å². The zero-order chi connectivity index (χ0) is 20.5. The molecule has 0 spiro atoms. The van der Waals surface area contributed by atoms with Crippen LogP contribution in [0.3, 0.4) is 0 Å². The van der Waals surface area contributed by atoms with Crippen LogP contribution in [-0.2, 0) is 24.4 Å². The van der Waals surface area contributed by atoms with Crippen LogP contribution >= 0.6 is 15.9 Å². The van der Waals surface area contributed by atoms with Crippen molar-refractivity contribution in [3.05, 3.63) is 52.7 Å². The number of pyridine rings is 1. The Kier molecular flexibility index (Phi) is 5.23. The molecule has 0 aliphatic carbocycles. The molecule has 0 atom stereocenters. The molecule has 29 heavy (non-hydrogen) atoms. The van der Waals surface area contributed by atoms with Gasteiger partial charge in [0.2, 0.25) is 5.91 Å². The van der Waals surface area contributed by atoms with Crippen molar-refractivity contribution in [2.45, 2.75) is 33.5 Å². The molecular formula is C20H21BrN6O2. The summed E-state index contributed by atoms with van der Waals surface area (Å²) < 4.78 is 9.97.